The molecule has 0 spiro atoms. The first-order chi connectivity index (χ1) is 15.5. The summed E-state index contributed by atoms with van der Waals surface area (Å²) in [6.07, 6.45) is 1.47. The number of halogens is 1. The van der Waals surface area contributed by atoms with Crippen LogP contribution in [0.15, 0.2) is 77.2 Å². The minimum atomic E-state index is -0.758. The Kier molecular flexibility index (Phi) is 5.50. The van der Waals surface area contributed by atoms with E-state index in [2.05, 4.69) is 23.1 Å². The van der Waals surface area contributed by atoms with E-state index in [0.717, 1.165) is 29.5 Å². The topological polar surface area (TPSA) is 53.7 Å². The van der Waals surface area contributed by atoms with Gasteiger partial charge in [0.05, 0.1) is 11.5 Å². The lowest BCUT2D eigenvalue weighted by Gasteiger charge is -2.15. The van der Waals surface area contributed by atoms with Gasteiger partial charge in [0, 0.05) is 18.5 Å². The summed E-state index contributed by atoms with van der Waals surface area (Å²) in [5.74, 6) is -0.916. The van der Waals surface area contributed by atoms with Gasteiger partial charge >= 0.3 is 5.97 Å². The summed E-state index contributed by atoms with van der Waals surface area (Å²) >= 11 is 0. The van der Waals surface area contributed by atoms with Crippen LogP contribution in [-0.4, -0.2) is 29.1 Å². The van der Waals surface area contributed by atoms with Crippen LogP contribution in [0.4, 0.5) is 4.39 Å². The molecule has 5 heteroatoms. The quantitative estimate of drug-likeness (QED) is 0.425. The number of aliphatic carboxylic acids is 1. The SMILES string of the molecule is O=C(O)C1CCN(Cc2ccc(-c3cc4cc(Cc5ccccc5)ccc4o3)c(F)c2)C1. The van der Waals surface area contributed by atoms with Gasteiger partial charge in [-0.25, -0.2) is 4.39 Å². The number of carboxylic acids is 1. The Morgan fingerprint density at radius 2 is 1.81 bits per heavy atom. The van der Waals surface area contributed by atoms with E-state index in [-0.39, 0.29) is 11.7 Å². The van der Waals surface area contributed by atoms with Crippen LogP contribution in [0, 0.1) is 11.7 Å². The van der Waals surface area contributed by atoms with E-state index in [4.69, 9.17) is 9.52 Å². The maximum absolute atomic E-state index is 14.9. The summed E-state index contributed by atoms with van der Waals surface area (Å²) in [7, 11) is 0. The van der Waals surface area contributed by atoms with Crippen LogP contribution in [0.2, 0.25) is 0 Å². The van der Waals surface area contributed by atoms with Crippen molar-refractivity contribution >= 4 is 16.9 Å². The fraction of sp³-hybridized carbons (Fsp3) is 0.222. The standard InChI is InChI=1S/C27H24FNO3/c28-24-14-20(16-29-11-10-21(17-29)27(30)31)6-8-23(24)26-15-22-13-19(7-9-25(22)32-26)12-18-4-2-1-3-5-18/h1-9,13-15,21H,10-12,16-17H2,(H,30,31). The molecule has 1 aromatic heterocycles. The van der Waals surface area contributed by atoms with Crippen molar-refractivity contribution in [1.29, 1.82) is 0 Å². The molecule has 5 rings (SSSR count). The Bertz CT molecular complexity index is 1260. The van der Waals surface area contributed by atoms with Crippen molar-refractivity contribution < 1.29 is 18.7 Å². The molecule has 3 aromatic carbocycles. The Hall–Kier alpha value is -3.44. The van der Waals surface area contributed by atoms with Crippen molar-refractivity contribution in [3.05, 3.63) is 95.3 Å². The highest BCUT2D eigenvalue weighted by Gasteiger charge is 2.27. The van der Waals surface area contributed by atoms with Crippen molar-refractivity contribution in [1.82, 2.24) is 4.90 Å². The van der Waals surface area contributed by atoms with Crippen molar-refractivity contribution in [3.63, 3.8) is 0 Å². The smallest absolute Gasteiger partial charge is 0.307 e. The number of carbonyl (C=O) groups is 1. The van der Waals surface area contributed by atoms with Crippen LogP contribution in [0.1, 0.15) is 23.1 Å². The molecule has 2 heterocycles. The summed E-state index contributed by atoms with van der Waals surface area (Å²) < 4.78 is 20.9. The Morgan fingerprint density at radius 1 is 1.00 bits per heavy atom. The predicted octanol–water partition coefficient (Wildman–Crippen LogP) is 5.74. The number of nitrogens with zero attached hydrogens (tertiary/aromatic N) is 1. The lowest BCUT2D eigenvalue weighted by atomic mass is 10.0. The van der Waals surface area contributed by atoms with Crippen molar-refractivity contribution in [3.8, 4) is 11.3 Å². The fourth-order valence-electron chi connectivity index (χ4n) is 4.46. The zero-order valence-electron chi connectivity index (χ0n) is 17.6. The number of carboxylic acid groups (broad SMARTS) is 1. The van der Waals surface area contributed by atoms with Gasteiger partial charge in [-0.1, -0.05) is 42.5 Å². The van der Waals surface area contributed by atoms with Gasteiger partial charge in [0.15, 0.2) is 0 Å². The molecule has 4 aromatic rings. The first-order valence-corrected chi connectivity index (χ1v) is 10.9. The van der Waals surface area contributed by atoms with Gasteiger partial charge in [-0.05, 0) is 66.4 Å². The van der Waals surface area contributed by atoms with E-state index in [1.54, 1.807) is 6.07 Å². The van der Waals surface area contributed by atoms with Gasteiger partial charge in [0.25, 0.3) is 0 Å². The molecule has 0 amide bonds. The molecular weight excluding hydrogens is 405 g/mol. The molecule has 0 radical (unpaired) electrons. The Labute approximate surface area is 185 Å². The number of rotatable bonds is 6. The van der Waals surface area contributed by atoms with Crippen LogP contribution in [-0.2, 0) is 17.8 Å². The van der Waals surface area contributed by atoms with Gasteiger partial charge < -0.3 is 9.52 Å². The highest BCUT2D eigenvalue weighted by Crippen LogP contribution is 2.31. The van der Waals surface area contributed by atoms with Gasteiger partial charge in [0.1, 0.15) is 17.2 Å². The van der Waals surface area contributed by atoms with E-state index >= 15 is 0 Å². The van der Waals surface area contributed by atoms with Gasteiger partial charge in [-0.15, -0.1) is 0 Å². The van der Waals surface area contributed by atoms with E-state index in [1.165, 1.54) is 17.2 Å². The van der Waals surface area contributed by atoms with Crippen LogP contribution in [0.5, 0.6) is 0 Å². The summed E-state index contributed by atoms with van der Waals surface area (Å²) in [6, 6.07) is 23.4. The zero-order chi connectivity index (χ0) is 22.1. The Morgan fingerprint density at radius 3 is 2.56 bits per heavy atom. The fourth-order valence-corrected chi connectivity index (χ4v) is 4.46. The molecule has 1 saturated heterocycles. The molecule has 32 heavy (non-hydrogen) atoms. The maximum Gasteiger partial charge on any atom is 0.307 e. The summed E-state index contributed by atoms with van der Waals surface area (Å²) in [5, 5.41) is 10.1. The first kappa shape index (κ1) is 20.5. The molecule has 162 valence electrons. The number of fused-ring (bicyclic) bond motifs is 1. The zero-order valence-corrected chi connectivity index (χ0v) is 17.6. The van der Waals surface area contributed by atoms with Crippen molar-refractivity contribution in [2.45, 2.75) is 19.4 Å². The lowest BCUT2D eigenvalue weighted by molar-refractivity contribution is -0.141. The molecule has 0 aliphatic carbocycles. The molecule has 1 aliphatic rings. The largest absolute Gasteiger partial charge is 0.481 e. The molecule has 1 fully saturated rings. The third-order valence-corrected chi connectivity index (χ3v) is 6.16. The average Bonchev–Trinajstić information content (AvgIpc) is 3.41. The minimum absolute atomic E-state index is 0.332. The second-order valence-corrected chi connectivity index (χ2v) is 8.52. The van der Waals surface area contributed by atoms with Gasteiger partial charge in [-0.3, -0.25) is 9.69 Å². The monoisotopic (exact) mass is 429 g/mol. The third kappa shape index (κ3) is 4.30. The highest BCUT2D eigenvalue weighted by atomic mass is 19.1. The van der Waals surface area contributed by atoms with E-state index < -0.39 is 5.97 Å². The van der Waals surface area contributed by atoms with Gasteiger partial charge in [0.2, 0.25) is 0 Å². The number of hydrogen-bond acceptors (Lipinski definition) is 3. The number of benzene rings is 3. The number of furan rings is 1. The molecule has 1 aliphatic heterocycles. The lowest BCUT2D eigenvalue weighted by Crippen LogP contribution is -2.22. The summed E-state index contributed by atoms with van der Waals surface area (Å²) in [6.45, 7) is 1.77. The van der Waals surface area contributed by atoms with Crippen LogP contribution >= 0.6 is 0 Å². The summed E-state index contributed by atoms with van der Waals surface area (Å²) in [4.78, 5) is 13.2. The average molecular weight is 429 g/mol. The van der Waals surface area contributed by atoms with Gasteiger partial charge in [-0.2, -0.15) is 0 Å². The molecule has 0 bridgehead atoms. The second-order valence-electron chi connectivity index (χ2n) is 8.52. The molecule has 1 unspecified atom stereocenters. The molecule has 1 atom stereocenters. The summed E-state index contributed by atoms with van der Waals surface area (Å²) in [5.41, 5.74) is 4.41. The molecule has 4 nitrogen and oxygen atoms in total. The van der Waals surface area contributed by atoms with E-state index in [0.29, 0.717) is 30.8 Å². The van der Waals surface area contributed by atoms with Crippen LogP contribution in [0.25, 0.3) is 22.3 Å². The van der Waals surface area contributed by atoms with Crippen LogP contribution < -0.4 is 0 Å². The molecule has 0 saturated carbocycles. The molecule has 1 N–H and O–H groups in total. The van der Waals surface area contributed by atoms with Crippen LogP contribution in [0.3, 0.4) is 0 Å². The number of hydrogen-bond donors (Lipinski definition) is 1. The normalized spacial score (nSPS) is 16.6. The highest BCUT2D eigenvalue weighted by molar-refractivity contribution is 5.83. The number of likely N-dealkylation sites (tertiary alicyclic amines) is 1. The predicted molar refractivity (Wildman–Crippen MR) is 122 cm³/mol. The first-order valence-electron chi connectivity index (χ1n) is 10.9. The third-order valence-electron chi connectivity index (χ3n) is 6.16. The van der Waals surface area contributed by atoms with Crippen molar-refractivity contribution in [2.24, 2.45) is 5.92 Å². The minimum Gasteiger partial charge on any atom is -0.481 e. The second kappa shape index (κ2) is 8.60. The van der Waals surface area contributed by atoms with E-state index in [1.807, 2.05) is 42.5 Å². The maximum atomic E-state index is 14.9. The van der Waals surface area contributed by atoms with E-state index in [9.17, 15) is 9.18 Å². The Balaban J connectivity index is 1.34. The van der Waals surface area contributed by atoms with Crippen molar-refractivity contribution in [2.75, 3.05) is 13.1 Å². The molecular formula is C27H24FNO3.